The van der Waals surface area contributed by atoms with Crippen LogP contribution in [0.1, 0.15) is 31.2 Å². The minimum atomic E-state index is -0.211. The molecule has 1 N–H and O–H groups in total. The molecule has 0 amide bonds. The first-order valence-corrected chi connectivity index (χ1v) is 8.03. The van der Waals surface area contributed by atoms with E-state index in [1.165, 1.54) is 32.8 Å². The summed E-state index contributed by atoms with van der Waals surface area (Å²) in [6.45, 7) is 3.97. The quantitative estimate of drug-likeness (QED) is 0.872. The molecule has 3 rings (SSSR count). The van der Waals surface area contributed by atoms with E-state index in [-0.39, 0.29) is 5.82 Å². The van der Waals surface area contributed by atoms with Crippen molar-refractivity contribution in [2.45, 2.75) is 38.3 Å². The first-order chi connectivity index (χ1) is 10.3. The van der Waals surface area contributed by atoms with Crippen molar-refractivity contribution in [2.24, 2.45) is 5.92 Å². The molecular weight excluding hydrogens is 267 g/mol. The molecule has 2 fully saturated rings. The van der Waals surface area contributed by atoms with Crippen LogP contribution in [0.3, 0.4) is 0 Å². The first-order valence-electron chi connectivity index (χ1n) is 8.03. The van der Waals surface area contributed by atoms with Gasteiger partial charge in [-0.25, -0.2) is 4.39 Å². The fraction of sp³-hybridized carbons (Fsp3) is 0.647. The van der Waals surface area contributed by atoms with Gasteiger partial charge in [0.05, 0.1) is 7.11 Å². The maximum absolute atomic E-state index is 14.2. The van der Waals surface area contributed by atoms with Gasteiger partial charge < -0.3 is 10.1 Å². The maximum Gasteiger partial charge on any atom is 0.169 e. The van der Waals surface area contributed by atoms with Gasteiger partial charge in [0, 0.05) is 18.2 Å². The number of piperidine rings is 1. The van der Waals surface area contributed by atoms with Crippen LogP contribution in [0, 0.1) is 11.7 Å². The van der Waals surface area contributed by atoms with Crippen molar-refractivity contribution in [3.63, 3.8) is 0 Å². The molecule has 0 aromatic heterocycles. The van der Waals surface area contributed by atoms with Crippen molar-refractivity contribution in [3.8, 4) is 5.75 Å². The molecule has 0 radical (unpaired) electrons. The van der Waals surface area contributed by atoms with Crippen LogP contribution in [0.2, 0.25) is 0 Å². The standard InChI is InChI=1S/C17H25FN2O/c1-21-16-4-2-3-14(17(16)18)12-20-9-7-13(8-10-20)11-19-15-5-6-15/h2-4,13,15,19H,5-12H2,1H3. The van der Waals surface area contributed by atoms with E-state index in [0.29, 0.717) is 12.3 Å². The molecule has 4 heteroatoms. The summed E-state index contributed by atoms with van der Waals surface area (Å²) in [5.41, 5.74) is 0.740. The third-order valence-corrected chi connectivity index (χ3v) is 4.64. The monoisotopic (exact) mass is 292 g/mol. The fourth-order valence-corrected chi connectivity index (χ4v) is 3.05. The zero-order valence-corrected chi connectivity index (χ0v) is 12.8. The molecule has 1 aliphatic heterocycles. The SMILES string of the molecule is COc1cccc(CN2CCC(CNC3CC3)CC2)c1F. The zero-order chi connectivity index (χ0) is 14.7. The largest absolute Gasteiger partial charge is 0.494 e. The molecule has 1 aromatic carbocycles. The predicted molar refractivity (Wildman–Crippen MR) is 82.0 cm³/mol. The van der Waals surface area contributed by atoms with Gasteiger partial charge in [-0.05, 0) is 57.3 Å². The number of nitrogens with one attached hydrogen (secondary N) is 1. The highest BCUT2D eigenvalue weighted by atomic mass is 19.1. The van der Waals surface area contributed by atoms with Crippen LogP contribution >= 0.6 is 0 Å². The second-order valence-corrected chi connectivity index (χ2v) is 6.34. The Kier molecular flexibility index (Phi) is 4.76. The molecule has 2 aliphatic rings. The van der Waals surface area contributed by atoms with Gasteiger partial charge >= 0.3 is 0 Å². The number of likely N-dealkylation sites (tertiary alicyclic amines) is 1. The van der Waals surface area contributed by atoms with Crippen molar-refractivity contribution in [1.29, 1.82) is 0 Å². The molecule has 1 aromatic rings. The molecule has 0 spiro atoms. The van der Waals surface area contributed by atoms with E-state index in [2.05, 4.69) is 10.2 Å². The Morgan fingerprint density at radius 1 is 1.24 bits per heavy atom. The molecule has 1 aliphatic carbocycles. The summed E-state index contributed by atoms with van der Waals surface area (Å²) < 4.78 is 19.2. The number of nitrogens with zero attached hydrogens (tertiary/aromatic N) is 1. The smallest absolute Gasteiger partial charge is 0.169 e. The highest BCUT2D eigenvalue weighted by Crippen LogP contribution is 2.25. The van der Waals surface area contributed by atoms with E-state index >= 15 is 0 Å². The van der Waals surface area contributed by atoms with Crippen LogP contribution in [0.4, 0.5) is 4.39 Å². The summed E-state index contributed by atoms with van der Waals surface area (Å²) >= 11 is 0. The maximum atomic E-state index is 14.2. The molecule has 1 heterocycles. The Labute approximate surface area is 126 Å². The van der Waals surface area contributed by atoms with Gasteiger partial charge in [-0.2, -0.15) is 0 Å². The van der Waals surface area contributed by atoms with Gasteiger partial charge in [0.1, 0.15) is 0 Å². The van der Waals surface area contributed by atoms with Crippen molar-refractivity contribution in [2.75, 3.05) is 26.7 Å². The summed E-state index contributed by atoms with van der Waals surface area (Å²) in [4.78, 5) is 2.35. The van der Waals surface area contributed by atoms with Gasteiger partial charge in [0.2, 0.25) is 0 Å². The van der Waals surface area contributed by atoms with Crippen LogP contribution in [-0.2, 0) is 6.54 Å². The Hall–Kier alpha value is -1.13. The van der Waals surface area contributed by atoms with Crippen molar-refractivity contribution >= 4 is 0 Å². The van der Waals surface area contributed by atoms with E-state index in [0.717, 1.165) is 37.2 Å². The van der Waals surface area contributed by atoms with Crippen LogP contribution < -0.4 is 10.1 Å². The molecule has 0 bridgehead atoms. The normalized spacial score (nSPS) is 20.7. The topological polar surface area (TPSA) is 24.5 Å². The number of methoxy groups -OCH3 is 1. The van der Waals surface area contributed by atoms with Crippen LogP contribution in [0.25, 0.3) is 0 Å². The fourth-order valence-electron chi connectivity index (χ4n) is 3.05. The third kappa shape index (κ3) is 3.95. The van der Waals surface area contributed by atoms with Gasteiger partial charge in [0.15, 0.2) is 11.6 Å². The lowest BCUT2D eigenvalue weighted by Gasteiger charge is -2.32. The molecule has 0 unspecified atom stereocenters. The Morgan fingerprint density at radius 2 is 2.00 bits per heavy atom. The predicted octanol–water partition coefficient (Wildman–Crippen LogP) is 2.80. The minimum absolute atomic E-state index is 0.211. The lowest BCUT2D eigenvalue weighted by Crippen LogP contribution is -2.37. The van der Waals surface area contributed by atoms with E-state index < -0.39 is 0 Å². The van der Waals surface area contributed by atoms with Gasteiger partial charge in [-0.1, -0.05) is 12.1 Å². The van der Waals surface area contributed by atoms with Crippen molar-refractivity contribution in [3.05, 3.63) is 29.6 Å². The Bertz CT molecular complexity index is 468. The summed E-state index contributed by atoms with van der Waals surface area (Å²) in [6.07, 6.45) is 5.14. The van der Waals surface area contributed by atoms with Crippen molar-refractivity contribution < 1.29 is 9.13 Å². The summed E-state index contributed by atoms with van der Waals surface area (Å²) in [6, 6.07) is 6.20. The van der Waals surface area contributed by atoms with Gasteiger partial charge in [0.25, 0.3) is 0 Å². The van der Waals surface area contributed by atoms with E-state index in [1.54, 1.807) is 6.07 Å². The first kappa shape index (κ1) is 14.8. The highest BCUT2D eigenvalue weighted by molar-refractivity contribution is 5.31. The zero-order valence-electron chi connectivity index (χ0n) is 12.8. The summed E-state index contributed by atoms with van der Waals surface area (Å²) in [5.74, 6) is 0.922. The Morgan fingerprint density at radius 3 is 2.67 bits per heavy atom. The number of hydrogen-bond acceptors (Lipinski definition) is 3. The molecule has 116 valence electrons. The lowest BCUT2D eigenvalue weighted by atomic mass is 9.96. The third-order valence-electron chi connectivity index (χ3n) is 4.64. The summed E-state index contributed by atoms with van der Waals surface area (Å²) in [7, 11) is 1.51. The van der Waals surface area contributed by atoms with Gasteiger partial charge in [-0.15, -0.1) is 0 Å². The number of hydrogen-bond donors (Lipinski definition) is 1. The second-order valence-electron chi connectivity index (χ2n) is 6.34. The summed E-state index contributed by atoms with van der Waals surface area (Å²) in [5, 5.41) is 3.62. The Balaban J connectivity index is 1.48. The number of benzene rings is 1. The van der Waals surface area contributed by atoms with Crippen LogP contribution in [-0.4, -0.2) is 37.7 Å². The average Bonchev–Trinajstić information content (AvgIpc) is 3.33. The van der Waals surface area contributed by atoms with Crippen LogP contribution in [0.5, 0.6) is 5.75 Å². The van der Waals surface area contributed by atoms with Crippen molar-refractivity contribution in [1.82, 2.24) is 10.2 Å². The highest BCUT2D eigenvalue weighted by Gasteiger charge is 2.24. The molecular formula is C17H25FN2O. The number of ether oxygens (including phenoxy) is 1. The molecule has 21 heavy (non-hydrogen) atoms. The minimum Gasteiger partial charge on any atom is -0.494 e. The van der Waals surface area contributed by atoms with E-state index in [9.17, 15) is 4.39 Å². The molecule has 1 saturated heterocycles. The van der Waals surface area contributed by atoms with Crippen LogP contribution in [0.15, 0.2) is 18.2 Å². The number of rotatable bonds is 6. The van der Waals surface area contributed by atoms with E-state index in [4.69, 9.17) is 4.74 Å². The molecule has 1 saturated carbocycles. The van der Waals surface area contributed by atoms with E-state index in [1.807, 2.05) is 12.1 Å². The molecule has 0 atom stereocenters. The average molecular weight is 292 g/mol. The lowest BCUT2D eigenvalue weighted by molar-refractivity contribution is 0.173. The number of halogens is 1. The second kappa shape index (κ2) is 6.75. The molecule has 3 nitrogen and oxygen atoms in total. The van der Waals surface area contributed by atoms with Gasteiger partial charge in [-0.3, -0.25) is 4.90 Å².